The Morgan fingerprint density at radius 3 is 2.72 bits per heavy atom. The predicted octanol–water partition coefficient (Wildman–Crippen LogP) is 2.51. The van der Waals surface area contributed by atoms with Crippen molar-refractivity contribution < 1.29 is 8.42 Å². The third kappa shape index (κ3) is 3.19. The molecule has 0 amide bonds. The van der Waals surface area contributed by atoms with Gasteiger partial charge in [-0.05, 0) is 44.4 Å². The average molecular weight is 367 g/mol. The third-order valence-corrected chi connectivity index (χ3v) is 7.06. The fraction of sp³-hybridized carbons (Fsp3) is 0.200. The van der Waals surface area contributed by atoms with E-state index in [2.05, 4.69) is 20.7 Å². The Balaban J connectivity index is 2.10. The Morgan fingerprint density at radius 1 is 1.39 bits per heavy atom. The number of rotatable bonds is 5. The summed E-state index contributed by atoms with van der Waals surface area (Å²) in [7, 11) is -3.44. The van der Waals surface area contributed by atoms with Gasteiger partial charge < -0.3 is 5.73 Å². The number of thiophene rings is 2. The van der Waals surface area contributed by atoms with Gasteiger partial charge in [0.05, 0.1) is 0 Å². The predicted molar refractivity (Wildman–Crippen MR) is 78.3 cm³/mol. The van der Waals surface area contributed by atoms with Crippen LogP contribution in [0.25, 0.3) is 0 Å². The van der Waals surface area contributed by atoms with E-state index in [-0.39, 0.29) is 6.54 Å². The minimum Gasteiger partial charge on any atom is -0.326 e. The number of hydrogen-bond donors (Lipinski definition) is 2. The largest absolute Gasteiger partial charge is 0.326 e. The van der Waals surface area contributed by atoms with Crippen molar-refractivity contribution >= 4 is 48.6 Å². The van der Waals surface area contributed by atoms with Gasteiger partial charge in [-0.15, -0.1) is 22.7 Å². The maximum absolute atomic E-state index is 12.0. The van der Waals surface area contributed by atoms with Gasteiger partial charge in [0.25, 0.3) is 0 Å². The van der Waals surface area contributed by atoms with E-state index < -0.39 is 10.0 Å². The highest BCUT2D eigenvalue weighted by molar-refractivity contribution is 9.10. The first-order valence-electron chi connectivity index (χ1n) is 5.02. The molecule has 0 unspecified atom stereocenters. The van der Waals surface area contributed by atoms with Crippen LogP contribution in [0.1, 0.15) is 10.4 Å². The fourth-order valence-electron chi connectivity index (χ4n) is 1.28. The summed E-state index contributed by atoms with van der Waals surface area (Å²) in [6, 6.07) is 3.50. The van der Waals surface area contributed by atoms with Crippen molar-refractivity contribution in [3.63, 3.8) is 0 Å². The molecule has 2 heterocycles. The van der Waals surface area contributed by atoms with Gasteiger partial charge in [0, 0.05) is 22.4 Å². The highest BCUT2D eigenvalue weighted by Crippen LogP contribution is 2.24. The summed E-state index contributed by atoms with van der Waals surface area (Å²) in [6.45, 7) is 0.638. The first kappa shape index (κ1) is 14.2. The van der Waals surface area contributed by atoms with Crippen LogP contribution in [0.4, 0.5) is 0 Å². The van der Waals surface area contributed by atoms with Crippen molar-refractivity contribution in [3.05, 3.63) is 37.8 Å². The lowest BCUT2D eigenvalue weighted by Crippen LogP contribution is -2.22. The Kier molecular flexibility index (Phi) is 4.57. The van der Waals surface area contributed by atoms with Crippen LogP contribution in [0.5, 0.6) is 0 Å². The normalized spacial score (nSPS) is 11.9. The Morgan fingerprint density at radius 2 is 2.17 bits per heavy atom. The van der Waals surface area contributed by atoms with Gasteiger partial charge in [-0.1, -0.05) is 0 Å². The SMILES string of the molecule is NCc1csc(S(=O)(=O)NCc2sccc2Br)c1. The number of halogens is 1. The van der Waals surface area contributed by atoms with Crippen molar-refractivity contribution in [3.8, 4) is 0 Å². The molecule has 0 aliphatic carbocycles. The number of nitrogens with two attached hydrogens (primary N) is 1. The molecule has 4 nitrogen and oxygen atoms in total. The maximum Gasteiger partial charge on any atom is 0.250 e. The molecule has 0 aromatic carbocycles. The van der Waals surface area contributed by atoms with Crippen molar-refractivity contribution in [2.24, 2.45) is 5.73 Å². The Bertz CT molecular complexity index is 633. The molecule has 0 bridgehead atoms. The molecule has 18 heavy (non-hydrogen) atoms. The highest BCUT2D eigenvalue weighted by atomic mass is 79.9. The third-order valence-electron chi connectivity index (χ3n) is 2.24. The van der Waals surface area contributed by atoms with Crippen LogP contribution in [0.3, 0.4) is 0 Å². The van der Waals surface area contributed by atoms with Crippen LogP contribution in [-0.4, -0.2) is 8.42 Å². The number of sulfonamides is 1. The quantitative estimate of drug-likeness (QED) is 0.853. The van der Waals surface area contributed by atoms with E-state index in [1.165, 1.54) is 22.7 Å². The van der Waals surface area contributed by atoms with Crippen LogP contribution >= 0.6 is 38.6 Å². The zero-order valence-corrected chi connectivity index (χ0v) is 13.3. The highest BCUT2D eigenvalue weighted by Gasteiger charge is 2.17. The van der Waals surface area contributed by atoms with E-state index in [1.807, 2.05) is 11.4 Å². The van der Waals surface area contributed by atoms with Crippen LogP contribution in [0.15, 0.2) is 31.6 Å². The molecule has 98 valence electrons. The lowest BCUT2D eigenvalue weighted by atomic mass is 10.4. The lowest BCUT2D eigenvalue weighted by molar-refractivity contribution is 0.584. The second-order valence-electron chi connectivity index (χ2n) is 3.49. The standard InChI is InChI=1S/C10H11BrN2O2S3/c11-8-1-2-16-9(8)5-13-18(14,15)10-3-7(4-12)6-17-10/h1-3,6,13H,4-5,12H2. The van der Waals surface area contributed by atoms with E-state index in [0.717, 1.165) is 14.9 Å². The zero-order valence-electron chi connectivity index (χ0n) is 9.22. The molecule has 0 fully saturated rings. The van der Waals surface area contributed by atoms with Gasteiger partial charge in [0.15, 0.2) is 0 Å². The van der Waals surface area contributed by atoms with E-state index in [9.17, 15) is 8.42 Å². The molecule has 0 aliphatic rings. The van der Waals surface area contributed by atoms with Crippen molar-refractivity contribution in [1.29, 1.82) is 0 Å². The van der Waals surface area contributed by atoms with Crippen molar-refractivity contribution in [2.75, 3.05) is 0 Å². The summed E-state index contributed by atoms with van der Waals surface area (Å²) in [5.74, 6) is 0. The smallest absolute Gasteiger partial charge is 0.250 e. The van der Waals surface area contributed by atoms with Crippen LogP contribution in [0.2, 0.25) is 0 Å². The van der Waals surface area contributed by atoms with Gasteiger partial charge in [0.2, 0.25) is 10.0 Å². The number of nitrogens with one attached hydrogen (secondary N) is 1. The van der Waals surface area contributed by atoms with Crippen molar-refractivity contribution in [1.82, 2.24) is 4.72 Å². The summed E-state index contributed by atoms with van der Waals surface area (Å²) < 4.78 is 27.8. The molecule has 0 atom stereocenters. The van der Waals surface area contributed by atoms with E-state index in [4.69, 9.17) is 5.73 Å². The maximum atomic E-state index is 12.0. The second kappa shape index (κ2) is 5.81. The summed E-state index contributed by atoms with van der Waals surface area (Å²) in [4.78, 5) is 0.953. The zero-order chi connectivity index (χ0) is 13.2. The summed E-state index contributed by atoms with van der Waals surface area (Å²) in [5.41, 5.74) is 6.30. The molecule has 2 aromatic rings. The van der Waals surface area contributed by atoms with Gasteiger partial charge in [-0.25, -0.2) is 13.1 Å². The van der Waals surface area contributed by atoms with E-state index in [1.54, 1.807) is 11.4 Å². The molecule has 2 rings (SSSR count). The second-order valence-corrected chi connectivity index (χ2v) is 8.25. The molecule has 0 aliphatic heterocycles. The molecule has 2 aromatic heterocycles. The minimum absolute atomic E-state index is 0.288. The van der Waals surface area contributed by atoms with Crippen LogP contribution < -0.4 is 10.5 Å². The van der Waals surface area contributed by atoms with Gasteiger partial charge >= 0.3 is 0 Å². The Hall–Kier alpha value is -0.250. The Labute approximate surface area is 122 Å². The molecular weight excluding hydrogens is 356 g/mol. The molecule has 8 heteroatoms. The van der Waals surface area contributed by atoms with Gasteiger partial charge in [-0.3, -0.25) is 0 Å². The minimum atomic E-state index is -3.44. The van der Waals surface area contributed by atoms with Crippen LogP contribution in [0, 0.1) is 0 Å². The van der Waals surface area contributed by atoms with Gasteiger partial charge in [0.1, 0.15) is 4.21 Å². The lowest BCUT2D eigenvalue weighted by Gasteiger charge is -2.03. The van der Waals surface area contributed by atoms with E-state index >= 15 is 0 Å². The van der Waals surface area contributed by atoms with E-state index in [0.29, 0.717) is 10.8 Å². The van der Waals surface area contributed by atoms with Gasteiger partial charge in [-0.2, -0.15) is 0 Å². The van der Waals surface area contributed by atoms with Crippen LogP contribution in [-0.2, 0) is 23.1 Å². The summed E-state index contributed by atoms with van der Waals surface area (Å²) in [6.07, 6.45) is 0. The molecular formula is C10H11BrN2O2S3. The topological polar surface area (TPSA) is 72.2 Å². The first-order valence-corrected chi connectivity index (χ1v) is 9.05. The molecule has 0 saturated carbocycles. The molecule has 0 spiro atoms. The first-order chi connectivity index (χ1) is 8.53. The fourth-order valence-corrected chi connectivity index (χ4v) is 5.07. The molecule has 0 saturated heterocycles. The van der Waals surface area contributed by atoms with Crippen molar-refractivity contribution in [2.45, 2.75) is 17.3 Å². The summed E-state index contributed by atoms with van der Waals surface area (Å²) in [5, 5.41) is 3.67. The number of hydrogen-bond acceptors (Lipinski definition) is 5. The molecule has 0 radical (unpaired) electrons. The monoisotopic (exact) mass is 366 g/mol. The average Bonchev–Trinajstić information content (AvgIpc) is 2.95. The molecule has 3 N–H and O–H groups in total. The summed E-state index contributed by atoms with van der Waals surface area (Å²) >= 11 is 6.06.